The van der Waals surface area contributed by atoms with Crippen LogP contribution in [-0.2, 0) is 10.0 Å². The minimum absolute atomic E-state index is 0.189. The summed E-state index contributed by atoms with van der Waals surface area (Å²) in [6.45, 7) is 7.16. The first-order chi connectivity index (χ1) is 11.3. The molecule has 0 aromatic heterocycles. The van der Waals surface area contributed by atoms with E-state index in [9.17, 15) is 12.8 Å². The standard InChI is InChI=1S/C18H27FN2O2S/c1-13-6-9-17(19)18(11-13)24(22,23)20-10-4-5-16(12-20)21-14(2)7-8-15(21)3/h6,9,11,14-16H,4-5,7-8,10,12H2,1-3H3/t14-,15+,16-/m0/s1. The molecule has 0 saturated carbocycles. The second-order valence-electron chi connectivity index (χ2n) is 7.32. The lowest BCUT2D eigenvalue weighted by atomic mass is 10.0. The predicted octanol–water partition coefficient (Wildman–Crippen LogP) is 3.16. The van der Waals surface area contributed by atoms with E-state index in [0.29, 0.717) is 25.2 Å². The number of hydrogen-bond acceptors (Lipinski definition) is 3. The number of hydrogen-bond donors (Lipinski definition) is 0. The van der Waals surface area contributed by atoms with Gasteiger partial charge in [0.1, 0.15) is 10.7 Å². The summed E-state index contributed by atoms with van der Waals surface area (Å²) in [6, 6.07) is 5.49. The third-order valence-electron chi connectivity index (χ3n) is 5.51. The first kappa shape index (κ1) is 17.8. The fourth-order valence-electron chi connectivity index (χ4n) is 4.26. The van der Waals surface area contributed by atoms with Gasteiger partial charge in [-0.3, -0.25) is 4.90 Å². The third kappa shape index (κ3) is 3.24. The lowest BCUT2D eigenvalue weighted by Crippen LogP contribution is -2.52. The lowest BCUT2D eigenvalue weighted by Gasteiger charge is -2.41. The number of benzene rings is 1. The number of likely N-dealkylation sites (tertiary alicyclic amines) is 1. The molecule has 6 heteroatoms. The molecule has 2 heterocycles. The summed E-state index contributed by atoms with van der Waals surface area (Å²) >= 11 is 0. The monoisotopic (exact) mass is 354 g/mol. The smallest absolute Gasteiger partial charge is 0.246 e. The van der Waals surface area contributed by atoms with Gasteiger partial charge in [0.2, 0.25) is 10.0 Å². The number of sulfonamides is 1. The summed E-state index contributed by atoms with van der Waals surface area (Å²) < 4.78 is 41.5. The highest BCUT2D eigenvalue weighted by atomic mass is 32.2. The van der Waals surface area contributed by atoms with Crippen molar-refractivity contribution in [2.45, 2.75) is 69.5 Å². The summed E-state index contributed by atoms with van der Waals surface area (Å²) in [5.41, 5.74) is 0.755. The van der Waals surface area contributed by atoms with Crippen LogP contribution in [0.1, 0.15) is 45.1 Å². The van der Waals surface area contributed by atoms with Crippen LogP contribution in [0.2, 0.25) is 0 Å². The molecule has 0 aliphatic carbocycles. The molecule has 0 amide bonds. The first-order valence-electron chi connectivity index (χ1n) is 8.84. The molecule has 0 radical (unpaired) electrons. The van der Waals surface area contributed by atoms with Crippen LogP contribution in [0.25, 0.3) is 0 Å². The maximum Gasteiger partial charge on any atom is 0.246 e. The van der Waals surface area contributed by atoms with Crippen molar-refractivity contribution in [3.8, 4) is 0 Å². The van der Waals surface area contributed by atoms with E-state index in [4.69, 9.17) is 0 Å². The van der Waals surface area contributed by atoms with Crippen molar-refractivity contribution >= 4 is 10.0 Å². The third-order valence-corrected chi connectivity index (χ3v) is 7.39. The maximum absolute atomic E-state index is 14.1. The van der Waals surface area contributed by atoms with E-state index in [1.807, 2.05) is 0 Å². The van der Waals surface area contributed by atoms with Crippen molar-refractivity contribution in [2.75, 3.05) is 13.1 Å². The van der Waals surface area contributed by atoms with Crippen molar-refractivity contribution in [1.29, 1.82) is 0 Å². The molecule has 2 aliphatic rings. The van der Waals surface area contributed by atoms with Crippen LogP contribution in [0.5, 0.6) is 0 Å². The highest BCUT2D eigenvalue weighted by Crippen LogP contribution is 2.32. The molecule has 3 rings (SSSR count). The van der Waals surface area contributed by atoms with Gasteiger partial charge in [0.25, 0.3) is 0 Å². The molecular formula is C18H27FN2O2S. The zero-order valence-corrected chi connectivity index (χ0v) is 15.5. The van der Waals surface area contributed by atoms with E-state index in [-0.39, 0.29) is 10.9 Å². The van der Waals surface area contributed by atoms with E-state index in [1.165, 1.54) is 16.4 Å². The van der Waals surface area contributed by atoms with Crippen LogP contribution in [0.15, 0.2) is 23.1 Å². The first-order valence-corrected chi connectivity index (χ1v) is 10.3. The zero-order valence-electron chi connectivity index (χ0n) is 14.7. The van der Waals surface area contributed by atoms with Gasteiger partial charge < -0.3 is 0 Å². The van der Waals surface area contributed by atoms with Crippen LogP contribution in [0, 0.1) is 12.7 Å². The van der Waals surface area contributed by atoms with Crippen LogP contribution in [-0.4, -0.2) is 48.8 Å². The number of rotatable bonds is 3. The SMILES string of the molecule is Cc1ccc(F)c(S(=O)(=O)N2CCC[C@H](N3[C@H](C)CC[C@@H]3C)C2)c1. The van der Waals surface area contributed by atoms with Crippen LogP contribution < -0.4 is 0 Å². The molecule has 1 aromatic rings. The van der Waals surface area contributed by atoms with Gasteiger partial charge in [-0.25, -0.2) is 12.8 Å². The minimum atomic E-state index is -3.78. The molecule has 0 N–H and O–H groups in total. The summed E-state index contributed by atoms with van der Waals surface area (Å²) in [7, 11) is -3.78. The van der Waals surface area contributed by atoms with Gasteiger partial charge in [0.05, 0.1) is 0 Å². The van der Waals surface area contributed by atoms with Gasteiger partial charge >= 0.3 is 0 Å². The van der Waals surface area contributed by atoms with Gasteiger partial charge in [-0.15, -0.1) is 0 Å². The molecule has 0 bridgehead atoms. The fourth-order valence-corrected chi connectivity index (χ4v) is 5.93. The van der Waals surface area contributed by atoms with Crippen LogP contribution in [0.4, 0.5) is 4.39 Å². The Morgan fingerprint density at radius 3 is 2.46 bits per heavy atom. The molecule has 2 fully saturated rings. The molecule has 0 spiro atoms. The Hall–Kier alpha value is -0.980. The Balaban J connectivity index is 1.85. The topological polar surface area (TPSA) is 40.6 Å². The molecule has 2 aliphatic heterocycles. The molecule has 2 saturated heterocycles. The van der Waals surface area contributed by atoms with Gasteiger partial charge in [-0.1, -0.05) is 6.07 Å². The Morgan fingerprint density at radius 1 is 1.12 bits per heavy atom. The summed E-state index contributed by atoms with van der Waals surface area (Å²) in [4.78, 5) is 2.28. The van der Waals surface area contributed by atoms with Crippen LogP contribution in [0.3, 0.4) is 0 Å². The Bertz CT molecular complexity index is 697. The Labute approximate surface area is 144 Å². The summed E-state index contributed by atoms with van der Waals surface area (Å²) in [5.74, 6) is -0.661. The number of piperidine rings is 1. The average molecular weight is 354 g/mol. The molecule has 24 heavy (non-hydrogen) atoms. The maximum atomic E-state index is 14.1. The van der Waals surface area contributed by atoms with Crippen molar-refractivity contribution < 1.29 is 12.8 Å². The highest BCUT2D eigenvalue weighted by molar-refractivity contribution is 7.89. The van der Waals surface area contributed by atoms with Crippen molar-refractivity contribution in [2.24, 2.45) is 0 Å². The number of aryl methyl sites for hydroxylation is 1. The minimum Gasteiger partial charge on any atom is -0.294 e. The second kappa shape index (κ2) is 6.73. The highest BCUT2D eigenvalue weighted by Gasteiger charge is 2.39. The second-order valence-corrected chi connectivity index (χ2v) is 9.22. The van der Waals surface area contributed by atoms with E-state index in [2.05, 4.69) is 18.7 Å². The van der Waals surface area contributed by atoms with Gasteiger partial charge in [0, 0.05) is 31.2 Å². The molecule has 3 atom stereocenters. The molecular weight excluding hydrogens is 327 g/mol. The fraction of sp³-hybridized carbons (Fsp3) is 0.667. The number of halogens is 1. The summed E-state index contributed by atoms with van der Waals surface area (Å²) in [6.07, 6.45) is 4.16. The van der Waals surface area contributed by atoms with Gasteiger partial charge in [-0.05, 0) is 64.2 Å². The van der Waals surface area contributed by atoms with Crippen molar-refractivity contribution in [3.05, 3.63) is 29.6 Å². The average Bonchev–Trinajstić information content (AvgIpc) is 2.88. The molecule has 0 unspecified atom stereocenters. The van der Waals surface area contributed by atoms with Gasteiger partial charge in [-0.2, -0.15) is 4.31 Å². The largest absolute Gasteiger partial charge is 0.294 e. The molecule has 134 valence electrons. The Kier molecular flexibility index (Phi) is 5.00. The number of nitrogens with zero attached hydrogens (tertiary/aromatic N) is 2. The predicted molar refractivity (Wildman–Crippen MR) is 92.9 cm³/mol. The zero-order chi connectivity index (χ0) is 17.5. The van der Waals surface area contributed by atoms with E-state index in [0.717, 1.165) is 31.2 Å². The normalized spacial score (nSPS) is 29.9. The Morgan fingerprint density at radius 2 is 1.79 bits per heavy atom. The van der Waals surface area contributed by atoms with Crippen molar-refractivity contribution in [1.82, 2.24) is 9.21 Å². The van der Waals surface area contributed by atoms with E-state index >= 15 is 0 Å². The van der Waals surface area contributed by atoms with Crippen LogP contribution >= 0.6 is 0 Å². The molecule has 4 nitrogen and oxygen atoms in total. The van der Waals surface area contributed by atoms with E-state index in [1.54, 1.807) is 13.0 Å². The van der Waals surface area contributed by atoms with E-state index < -0.39 is 15.8 Å². The lowest BCUT2D eigenvalue weighted by molar-refractivity contribution is 0.0979. The summed E-state index contributed by atoms with van der Waals surface area (Å²) in [5, 5.41) is 0. The van der Waals surface area contributed by atoms with Crippen molar-refractivity contribution in [3.63, 3.8) is 0 Å². The quantitative estimate of drug-likeness (QED) is 0.837. The molecule has 1 aromatic carbocycles. The van der Waals surface area contributed by atoms with Gasteiger partial charge in [0.15, 0.2) is 0 Å².